The molecule has 0 saturated carbocycles. The van der Waals surface area contributed by atoms with E-state index in [-0.39, 0.29) is 0 Å². The monoisotopic (exact) mass is 433 g/mol. The van der Waals surface area contributed by atoms with E-state index in [0.717, 1.165) is 58.7 Å². The van der Waals surface area contributed by atoms with Crippen LogP contribution in [-0.2, 0) is 19.6 Å². The van der Waals surface area contributed by atoms with Crippen LogP contribution in [0.25, 0.3) is 16.6 Å². The van der Waals surface area contributed by atoms with E-state index < -0.39 is 0 Å². The van der Waals surface area contributed by atoms with E-state index in [1.54, 1.807) is 0 Å². The molecule has 0 saturated heterocycles. The second-order valence-electron chi connectivity index (χ2n) is 8.69. The van der Waals surface area contributed by atoms with Gasteiger partial charge in [-0.15, -0.1) is 0 Å². The van der Waals surface area contributed by atoms with Crippen LogP contribution in [-0.4, -0.2) is 9.55 Å². The minimum Gasteiger partial charge on any atom is -0.488 e. The molecule has 1 aliphatic rings. The maximum atomic E-state index is 9.70. The molecule has 0 amide bonds. The standard InChI is InChI=1S/C29H27N3O/c1-4-8-27-31-29-19(2)9-7-11-25(29)32(27)17-21-13-14-23-22(15-21)18-33-26-12-6-5-10-24(26)28(23)20(3)16-30/h5-7,9-15H,4,8,17-18H2,1-3H3. The zero-order valence-corrected chi connectivity index (χ0v) is 19.4. The highest BCUT2D eigenvalue weighted by molar-refractivity contribution is 5.88. The number of hydrogen-bond donors (Lipinski definition) is 0. The highest BCUT2D eigenvalue weighted by Gasteiger charge is 2.22. The van der Waals surface area contributed by atoms with E-state index in [9.17, 15) is 5.26 Å². The SMILES string of the molecule is CCCc1nc2c(C)cccc2n1Cc1ccc2c(c1)COc1ccccc1C2=C(C)C#N. The number of rotatable bonds is 4. The smallest absolute Gasteiger partial charge is 0.127 e. The first-order chi connectivity index (χ1) is 16.1. The molecule has 4 heteroatoms. The van der Waals surface area contributed by atoms with Crippen LogP contribution >= 0.6 is 0 Å². The van der Waals surface area contributed by atoms with Gasteiger partial charge < -0.3 is 9.30 Å². The van der Waals surface area contributed by atoms with Gasteiger partial charge in [-0.3, -0.25) is 0 Å². The van der Waals surface area contributed by atoms with Crippen LogP contribution in [0, 0.1) is 18.3 Å². The van der Waals surface area contributed by atoms with Crippen molar-refractivity contribution in [2.45, 2.75) is 46.8 Å². The van der Waals surface area contributed by atoms with Crippen molar-refractivity contribution in [3.8, 4) is 11.8 Å². The zero-order chi connectivity index (χ0) is 22.9. The van der Waals surface area contributed by atoms with Crippen molar-refractivity contribution in [1.29, 1.82) is 5.26 Å². The third-order valence-electron chi connectivity index (χ3n) is 6.40. The Labute approximate surface area is 194 Å². The van der Waals surface area contributed by atoms with Crippen molar-refractivity contribution < 1.29 is 4.74 Å². The molecule has 0 aliphatic carbocycles. The van der Waals surface area contributed by atoms with Gasteiger partial charge in [-0.1, -0.05) is 49.4 Å². The number of ether oxygens (including phenoxy) is 1. The number of aryl methyl sites for hydroxylation is 2. The second kappa shape index (κ2) is 8.60. The number of benzene rings is 3. The molecule has 0 atom stereocenters. The first kappa shape index (κ1) is 21.0. The maximum Gasteiger partial charge on any atom is 0.127 e. The molecule has 0 radical (unpaired) electrons. The van der Waals surface area contributed by atoms with Gasteiger partial charge in [0.25, 0.3) is 0 Å². The minimum atomic E-state index is 0.480. The number of nitriles is 1. The van der Waals surface area contributed by atoms with Gasteiger partial charge in [0.15, 0.2) is 0 Å². The number of para-hydroxylation sites is 2. The van der Waals surface area contributed by atoms with Crippen LogP contribution in [0.4, 0.5) is 0 Å². The Morgan fingerprint density at radius 3 is 2.76 bits per heavy atom. The summed E-state index contributed by atoms with van der Waals surface area (Å²) in [7, 11) is 0. The average molecular weight is 434 g/mol. The van der Waals surface area contributed by atoms with E-state index >= 15 is 0 Å². The van der Waals surface area contributed by atoms with E-state index in [1.807, 2.05) is 31.2 Å². The molecule has 0 spiro atoms. The third kappa shape index (κ3) is 3.70. The number of hydrogen-bond acceptors (Lipinski definition) is 3. The quantitative estimate of drug-likeness (QED) is 0.341. The summed E-state index contributed by atoms with van der Waals surface area (Å²) >= 11 is 0. The van der Waals surface area contributed by atoms with Crippen molar-refractivity contribution >= 4 is 16.6 Å². The first-order valence-corrected chi connectivity index (χ1v) is 11.5. The lowest BCUT2D eigenvalue weighted by Crippen LogP contribution is -2.06. The lowest BCUT2D eigenvalue weighted by molar-refractivity contribution is 0.307. The molecule has 0 fully saturated rings. The van der Waals surface area contributed by atoms with Crippen LogP contribution in [0.3, 0.4) is 0 Å². The van der Waals surface area contributed by atoms with Crippen LogP contribution < -0.4 is 4.74 Å². The average Bonchev–Trinajstić information content (AvgIpc) is 3.08. The number of aromatic nitrogens is 2. The minimum absolute atomic E-state index is 0.480. The third-order valence-corrected chi connectivity index (χ3v) is 6.40. The van der Waals surface area contributed by atoms with Gasteiger partial charge in [-0.05, 0) is 60.7 Å². The lowest BCUT2D eigenvalue weighted by Gasteiger charge is -2.14. The van der Waals surface area contributed by atoms with Gasteiger partial charge in [-0.2, -0.15) is 5.26 Å². The maximum absolute atomic E-state index is 9.70. The van der Waals surface area contributed by atoms with Crippen molar-refractivity contribution in [3.05, 3.63) is 99.9 Å². The Bertz CT molecular complexity index is 1440. The second-order valence-corrected chi connectivity index (χ2v) is 8.69. The molecule has 4 nitrogen and oxygen atoms in total. The van der Waals surface area contributed by atoms with Crippen molar-refractivity contribution in [3.63, 3.8) is 0 Å². The van der Waals surface area contributed by atoms with Gasteiger partial charge in [0.1, 0.15) is 18.2 Å². The van der Waals surface area contributed by atoms with Gasteiger partial charge >= 0.3 is 0 Å². The van der Waals surface area contributed by atoms with E-state index in [2.05, 4.69) is 60.9 Å². The Morgan fingerprint density at radius 1 is 1.09 bits per heavy atom. The summed E-state index contributed by atoms with van der Waals surface area (Å²) in [5.74, 6) is 1.95. The van der Waals surface area contributed by atoms with Gasteiger partial charge in [0.05, 0.1) is 17.1 Å². The molecule has 0 N–H and O–H groups in total. The predicted molar refractivity (Wildman–Crippen MR) is 132 cm³/mol. The van der Waals surface area contributed by atoms with Crippen molar-refractivity contribution in [2.24, 2.45) is 0 Å². The fraction of sp³-hybridized carbons (Fsp3) is 0.241. The van der Waals surface area contributed by atoms with Crippen LogP contribution in [0.15, 0.2) is 66.2 Å². The summed E-state index contributed by atoms with van der Waals surface area (Å²) in [6.45, 7) is 7.43. The van der Waals surface area contributed by atoms with Gasteiger partial charge in [-0.25, -0.2) is 4.98 Å². The van der Waals surface area contributed by atoms with Crippen LogP contribution in [0.1, 0.15) is 53.9 Å². The summed E-state index contributed by atoms with van der Waals surface area (Å²) in [6.07, 6.45) is 2.01. The highest BCUT2D eigenvalue weighted by atomic mass is 16.5. The van der Waals surface area contributed by atoms with Crippen LogP contribution in [0.2, 0.25) is 0 Å². The zero-order valence-electron chi connectivity index (χ0n) is 19.4. The first-order valence-electron chi connectivity index (χ1n) is 11.5. The van der Waals surface area contributed by atoms with Gasteiger partial charge in [0, 0.05) is 29.7 Å². The molecular formula is C29H27N3O. The topological polar surface area (TPSA) is 50.8 Å². The largest absolute Gasteiger partial charge is 0.488 e. The molecule has 1 aliphatic heterocycles. The van der Waals surface area contributed by atoms with E-state index in [1.165, 1.54) is 16.6 Å². The summed E-state index contributed by atoms with van der Waals surface area (Å²) in [6, 6.07) is 23.3. The molecular weight excluding hydrogens is 406 g/mol. The molecule has 0 unspecified atom stereocenters. The normalized spacial score (nSPS) is 14.1. The van der Waals surface area contributed by atoms with Crippen LogP contribution in [0.5, 0.6) is 5.75 Å². The Morgan fingerprint density at radius 2 is 1.94 bits per heavy atom. The Kier molecular flexibility index (Phi) is 5.48. The molecule has 2 heterocycles. The fourth-order valence-corrected chi connectivity index (χ4v) is 4.78. The highest BCUT2D eigenvalue weighted by Crippen LogP contribution is 2.38. The Balaban J connectivity index is 1.60. The molecule has 1 aromatic heterocycles. The number of allylic oxidation sites excluding steroid dienone is 1. The Hall–Kier alpha value is -3.84. The van der Waals surface area contributed by atoms with Gasteiger partial charge in [0.2, 0.25) is 0 Å². The summed E-state index contributed by atoms with van der Waals surface area (Å²) in [5, 5.41) is 9.70. The molecule has 0 bridgehead atoms. The molecule has 33 heavy (non-hydrogen) atoms. The van der Waals surface area contributed by atoms with Crippen molar-refractivity contribution in [2.75, 3.05) is 0 Å². The number of imidazole rings is 1. The molecule has 4 aromatic rings. The summed E-state index contributed by atoms with van der Waals surface area (Å²) in [4.78, 5) is 4.97. The number of fused-ring (bicyclic) bond motifs is 3. The lowest BCUT2D eigenvalue weighted by atomic mass is 9.90. The predicted octanol–water partition coefficient (Wildman–Crippen LogP) is 6.58. The molecule has 5 rings (SSSR count). The molecule has 164 valence electrons. The van der Waals surface area contributed by atoms with Crippen molar-refractivity contribution in [1.82, 2.24) is 9.55 Å². The van der Waals surface area contributed by atoms with E-state index in [0.29, 0.717) is 12.2 Å². The summed E-state index contributed by atoms with van der Waals surface area (Å²) < 4.78 is 8.52. The summed E-state index contributed by atoms with van der Waals surface area (Å²) in [5.41, 5.74) is 9.49. The molecule has 3 aromatic carbocycles. The number of nitrogens with zero attached hydrogens (tertiary/aromatic N) is 3. The van der Waals surface area contributed by atoms with E-state index in [4.69, 9.17) is 9.72 Å². The fourth-order valence-electron chi connectivity index (χ4n) is 4.78.